The molecule has 4 amide bonds. The molecular formula is C23H29F4N5O5. The van der Waals surface area contributed by atoms with Crippen molar-refractivity contribution >= 4 is 35.2 Å². The van der Waals surface area contributed by atoms with E-state index in [0.29, 0.717) is 0 Å². The highest BCUT2D eigenvalue weighted by Gasteiger charge is 2.48. The van der Waals surface area contributed by atoms with E-state index in [9.17, 15) is 36.7 Å². The van der Waals surface area contributed by atoms with Crippen LogP contribution in [0.4, 0.5) is 33.7 Å². The number of piperazine rings is 1. The molecule has 14 heteroatoms. The third-order valence-electron chi connectivity index (χ3n) is 5.63. The molecule has 2 fully saturated rings. The van der Waals surface area contributed by atoms with E-state index in [-0.39, 0.29) is 37.3 Å². The Morgan fingerprint density at radius 1 is 1.11 bits per heavy atom. The van der Waals surface area contributed by atoms with E-state index in [0.717, 1.165) is 21.9 Å². The summed E-state index contributed by atoms with van der Waals surface area (Å²) in [6.45, 7) is 3.14. The van der Waals surface area contributed by atoms with Crippen LogP contribution in [0, 0.1) is 5.82 Å². The van der Waals surface area contributed by atoms with E-state index in [1.165, 1.54) is 6.07 Å². The molecule has 2 saturated heterocycles. The first-order valence-corrected chi connectivity index (χ1v) is 11.6. The van der Waals surface area contributed by atoms with Crippen LogP contribution in [0.1, 0.15) is 33.6 Å². The number of carbonyl (C=O) groups excluding carboxylic acids is 4. The minimum Gasteiger partial charge on any atom is -0.444 e. The zero-order valence-electron chi connectivity index (χ0n) is 20.6. The molecule has 0 unspecified atom stereocenters. The summed E-state index contributed by atoms with van der Waals surface area (Å²) < 4.78 is 60.6. The summed E-state index contributed by atoms with van der Waals surface area (Å²) in [4.78, 5) is 49.9. The second-order valence-electron chi connectivity index (χ2n) is 9.88. The van der Waals surface area contributed by atoms with Crippen LogP contribution in [0.3, 0.4) is 0 Å². The second-order valence-corrected chi connectivity index (χ2v) is 9.88. The number of nitrogens with one attached hydrogen (secondary N) is 3. The molecule has 0 aliphatic carbocycles. The van der Waals surface area contributed by atoms with Crippen LogP contribution in [0.5, 0.6) is 0 Å². The van der Waals surface area contributed by atoms with Gasteiger partial charge in [0.25, 0.3) is 0 Å². The summed E-state index contributed by atoms with van der Waals surface area (Å²) in [6, 6.07) is 0.491. The van der Waals surface area contributed by atoms with Crippen molar-refractivity contribution in [1.82, 2.24) is 15.1 Å². The quantitative estimate of drug-likeness (QED) is 0.395. The first kappa shape index (κ1) is 28.2. The number of benzene rings is 1. The lowest BCUT2D eigenvalue weighted by molar-refractivity contribution is -0.195. The van der Waals surface area contributed by atoms with Crippen LogP contribution >= 0.6 is 0 Å². The molecule has 1 aromatic carbocycles. The Hall–Kier alpha value is -3.42. The van der Waals surface area contributed by atoms with Crippen molar-refractivity contribution < 1.29 is 41.5 Å². The van der Waals surface area contributed by atoms with Crippen LogP contribution < -0.4 is 16.0 Å². The largest absolute Gasteiger partial charge is 0.444 e. The molecule has 2 aliphatic rings. The number of alkyl halides is 3. The number of carbonyl (C=O) groups is 4. The third-order valence-corrected chi connectivity index (χ3v) is 5.63. The van der Waals surface area contributed by atoms with Gasteiger partial charge in [-0.3, -0.25) is 24.6 Å². The Balaban J connectivity index is 1.64. The van der Waals surface area contributed by atoms with Crippen molar-refractivity contribution in [2.24, 2.45) is 0 Å². The number of hydrogen-bond donors (Lipinski definition) is 3. The highest BCUT2D eigenvalue weighted by molar-refractivity contribution is 6.01. The average Bonchev–Trinajstić information content (AvgIpc) is 2.73. The third kappa shape index (κ3) is 8.03. The number of nitrogens with zero attached hydrogens (tertiary/aromatic N) is 2. The van der Waals surface area contributed by atoms with Gasteiger partial charge >= 0.3 is 12.3 Å². The number of piperidine rings is 1. The molecular weight excluding hydrogens is 502 g/mol. The van der Waals surface area contributed by atoms with E-state index in [2.05, 4.69) is 16.0 Å². The molecule has 2 aliphatic heterocycles. The van der Waals surface area contributed by atoms with Crippen LogP contribution in [0.2, 0.25) is 0 Å². The maximum absolute atomic E-state index is 14.2. The summed E-state index contributed by atoms with van der Waals surface area (Å²) in [5.74, 6) is -2.57. The second kappa shape index (κ2) is 10.9. The van der Waals surface area contributed by atoms with Crippen LogP contribution in [-0.2, 0) is 19.1 Å². The fourth-order valence-corrected chi connectivity index (χ4v) is 3.98. The van der Waals surface area contributed by atoms with Crippen LogP contribution in [0.15, 0.2) is 18.2 Å². The van der Waals surface area contributed by atoms with Gasteiger partial charge in [0, 0.05) is 37.4 Å². The summed E-state index contributed by atoms with van der Waals surface area (Å²) in [6.07, 6.45) is -5.30. The highest BCUT2D eigenvalue weighted by Crippen LogP contribution is 2.29. The van der Waals surface area contributed by atoms with E-state index in [1.807, 2.05) is 0 Å². The Morgan fingerprint density at radius 3 is 2.41 bits per heavy atom. The van der Waals surface area contributed by atoms with Gasteiger partial charge in [-0.05, 0) is 45.4 Å². The predicted octanol–water partition coefficient (Wildman–Crippen LogP) is 2.46. The summed E-state index contributed by atoms with van der Waals surface area (Å²) in [5, 5.41) is 7.32. The van der Waals surface area contributed by atoms with Crippen molar-refractivity contribution in [3.8, 4) is 0 Å². The fraction of sp³-hybridized carbons (Fsp3) is 0.565. The summed E-state index contributed by atoms with van der Waals surface area (Å²) >= 11 is 0. The summed E-state index contributed by atoms with van der Waals surface area (Å²) in [7, 11) is 0. The number of hydrogen-bond acceptors (Lipinski definition) is 7. The van der Waals surface area contributed by atoms with Gasteiger partial charge in [-0.1, -0.05) is 0 Å². The first-order chi connectivity index (χ1) is 17.1. The molecule has 3 rings (SSSR count). The SMILES string of the molecule is CC(C)(C)OC(=O)N1CCN(CC(=O)Nc2cc(F)cc(N[C@@H]3CCC(=O)NC3=O)c2)[C@@H](C(F)(F)F)C1. The summed E-state index contributed by atoms with van der Waals surface area (Å²) in [5.41, 5.74) is -0.765. The van der Waals surface area contributed by atoms with E-state index in [4.69, 9.17) is 4.74 Å². The van der Waals surface area contributed by atoms with E-state index >= 15 is 0 Å². The van der Waals surface area contributed by atoms with Gasteiger partial charge in [0.2, 0.25) is 17.7 Å². The van der Waals surface area contributed by atoms with Crippen LogP contribution in [-0.4, -0.2) is 83.7 Å². The predicted molar refractivity (Wildman–Crippen MR) is 124 cm³/mol. The normalized spacial score (nSPS) is 21.3. The molecule has 0 spiro atoms. The maximum atomic E-state index is 14.2. The Bertz CT molecular complexity index is 1060. The molecule has 2 atom stereocenters. The molecule has 0 aromatic heterocycles. The van der Waals surface area contributed by atoms with Gasteiger partial charge in [-0.25, -0.2) is 9.18 Å². The van der Waals surface area contributed by atoms with E-state index < -0.39 is 66.6 Å². The van der Waals surface area contributed by atoms with Crippen molar-refractivity contribution in [3.05, 3.63) is 24.0 Å². The van der Waals surface area contributed by atoms with Gasteiger partial charge in [-0.2, -0.15) is 13.2 Å². The molecule has 1 aromatic rings. The van der Waals surface area contributed by atoms with Gasteiger partial charge in [0.05, 0.1) is 6.54 Å². The molecule has 3 N–H and O–H groups in total. The van der Waals surface area contributed by atoms with E-state index in [1.54, 1.807) is 20.8 Å². The standard InChI is InChI=1S/C23H29F4N5O5/c1-22(2,3)37-21(36)32-7-6-31(17(11-32)23(25,26)27)12-19(34)29-15-9-13(24)8-14(10-15)28-16-4-5-18(33)30-20(16)35/h8-10,16-17,28H,4-7,11-12H2,1-3H3,(H,29,34)(H,30,33,35)/t16-,17-/m1/s1. The minimum atomic E-state index is -4.72. The highest BCUT2D eigenvalue weighted by atomic mass is 19.4. The number of halogens is 4. The maximum Gasteiger partial charge on any atom is 0.410 e. The van der Waals surface area contributed by atoms with Crippen molar-refractivity contribution in [2.45, 2.75) is 57.5 Å². The van der Waals surface area contributed by atoms with Crippen molar-refractivity contribution in [2.75, 3.05) is 36.8 Å². The number of rotatable bonds is 5. The molecule has 0 saturated carbocycles. The lowest BCUT2D eigenvalue weighted by Gasteiger charge is -2.41. The minimum absolute atomic E-state index is 0.0317. The molecule has 37 heavy (non-hydrogen) atoms. The number of anilines is 2. The molecule has 204 valence electrons. The molecule has 2 heterocycles. The number of ether oxygens (including phenoxy) is 1. The monoisotopic (exact) mass is 531 g/mol. The van der Waals surface area contributed by atoms with Gasteiger partial charge in [0.15, 0.2) is 0 Å². The Kier molecular flexibility index (Phi) is 8.30. The van der Waals surface area contributed by atoms with Crippen molar-refractivity contribution in [1.29, 1.82) is 0 Å². The Morgan fingerprint density at radius 2 is 1.78 bits per heavy atom. The molecule has 0 radical (unpaired) electrons. The molecule has 10 nitrogen and oxygen atoms in total. The topological polar surface area (TPSA) is 120 Å². The smallest absolute Gasteiger partial charge is 0.410 e. The number of imide groups is 1. The van der Waals surface area contributed by atoms with Crippen LogP contribution in [0.25, 0.3) is 0 Å². The lowest BCUT2D eigenvalue weighted by Crippen LogP contribution is -2.61. The van der Waals surface area contributed by atoms with Gasteiger partial charge in [-0.15, -0.1) is 0 Å². The fourth-order valence-electron chi connectivity index (χ4n) is 3.98. The zero-order valence-corrected chi connectivity index (χ0v) is 20.6. The molecule has 0 bridgehead atoms. The average molecular weight is 532 g/mol. The number of amides is 4. The van der Waals surface area contributed by atoms with Gasteiger partial charge < -0.3 is 20.3 Å². The van der Waals surface area contributed by atoms with Crippen molar-refractivity contribution in [3.63, 3.8) is 0 Å². The Labute approximate surface area is 210 Å². The van der Waals surface area contributed by atoms with Gasteiger partial charge in [0.1, 0.15) is 23.5 Å². The first-order valence-electron chi connectivity index (χ1n) is 11.6. The zero-order chi connectivity index (χ0) is 27.5. The lowest BCUT2D eigenvalue weighted by atomic mass is 10.1.